The lowest BCUT2D eigenvalue weighted by molar-refractivity contribution is 1.18. The Morgan fingerprint density at radius 1 is 0.259 bits per heavy atom. The lowest BCUT2D eigenvalue weighted by Crippen LogP contribution is -1.93. The third-order valence-electron chi connectivity index (χ3n) is 12.5. The van der Waals surface area contributed by atoms with Crippen molar-refractivity contribution in [2.45, 2.75) is 0 Å². The van der Waals surface area contributed by atoms with Gasteiger partial charge in [0.05, 0.1) is 11.0 Å². The van der Waals surface area contributed by atoms with Crippen LogP contribution in [0.2, 0.25) is 0 Å². The van der Waals surface area contributed by atoms with Crippen molar-refractivity contribution in [3.05, 3.63) is 200 Å². The topological polar surface area (TPSA) is 4.93 Å². The van der Waals surface area contributed by atoms with E-state index in [0.29, 0.717) is 0 Å². The van der Waals surface area contributed by atoms with Crippen molar-refractivity contribution in [3.63, 3.8) is 0 Å². The molecule has 0 aliphatic carbocycles. The van der Waals surface area contributed by atoms with E-state index in [1.807, 2.05) is 11.3 Å². The van der Waals surface area contributed by atoms with Gasteiger partial charge in [0.15, 0.2) is 0 Å². The first-order chi connectivity index (χ1) is 28.7. The molecule has 2 heteroatoms. The van der Waals surface area contributed by atoms with Gasteiger partial charge in [-0.2, -0.15) is 0 Å². The molecule has 2 aromatic heterocycles. The second-order valence-corrected chi connectivity index (χ2v) is 16.7. The van der Waals surface area contributed by atoms with Gasteiger partial charge in [0.25, 0.3) is 0 Å². The van der Waals surface area contributed by atoms with E-state index in [0.717, 1.165) is 0 Å². The van der Waals surface area contributed by atoms with E-state index in [4.69, 9.17) is 0 Å². The first-order valence-corrected chi connectivity index (χ1v) is 20.8. The quantitative estimate of drug-likeness (QED) is 0.158. The Morgan fingerprint density at radius 2 is 0.741 bits per heavy atom. The minimum absolute atomic E-state index is 1.18. The van der Waals surface area contributed by atoms with E-state index in [1.165, 1.54) is 124 Å². The summed E-state index contributed by atoms with van der Waals surface area (Å²) in [7, 11) is 0. The Morgan fingerprint density at radius 3 is 1.47 bits per heavy atom. The second kappa shape index (κ2) is 12.1. The predicted octanol–water partition coefficient (Wildman–Crippen LogP) is 16.3. The SMILES string of the molecule is c1ccc(-n2c3ccccc3c3cc4c5ccccc5c5cc(-c6ccc7sc8ccc(-c9ccc%10ccc%11ccccc%11c%10c9)cc8c7c6)ccc5c4cc32)cc1. The number of aromatic nitrogens is 1. The van der Waals surface area contributed by atoms with Gasteiger partial charge in [0.2, 0.25) is 0 Å². The van der Waals surface area contributed by atoms with Crippen LogP contribution >= 0.6 is 11.3 Å². The van der Waals surface area contributed by atoms with Gasteiger partial charge in [0, 0.05) is 36.6 Å². The number of para-hydroxylation sites is 2. The van der Waals surface area contributed by atoms with Gasteiger partial charge in [-0.3, -0.25) is 0 Å². The number of rotatable bonds is 3. The Kier molecular flexibility index (Phi) is 6.66. The summed E-state index contributed by atoms with van der Waals surface area (Å²) in [4.78, 5) is 0. The van der Waals surface area contributed by atoms with E-state index in [1.54, 1.807) is 0 Å². The molecule has 0 fully saturated rings. The van der Waals surface area contributed by atoms with Crippen LogP contribution in [0.25, 0.3) is 124 Å². The zero-order valence-corrected chi connectivity index (χ0v) is 32.2. The van der Waals surface area contributed by atoms with Crippen molar-refractivity contribution in [1.29, 1.82) is 0 Å². The van der Waals surface area contributed by atoms with Gasteiger partial charge in [-0.1, -0.05) is 133 Å². The van der Waals surface area contributed by atoms with Gasteiger partial charge in [-0.05, 0) is 143 Å². The molecule has 11 aromatic carbocycles. The highest BCUT2D eigenvalue weighted by Crippen LogP contribution is 2.44. The van der Waals surface area contributed by atoms with Crippen molar-refractivity contribution in [2.75, 3.05) is 0 Å². The van der Waals surface area contributed by atoms with Crippen LogP contribution in [0.4, 0.5) is 0 Å². The lowest BCUT2D eigenvalue weighted by atomic mass is 9.91. The third kappa shape index (κ3) is 4.64. The molecule has 0 bridgehead atoms. The monoisotopic (exact) mass is 751 g/mol. The number of hydrogen-bond donors (Lipinski definition) is 0. The average Bonchev–Trinajstić information content (AvgIpc) is 3.83. The zero-order valence-electron chi connectivity index (χ0n) is 31.4. The number of fused-ring (bicyclic) bond motifs is 15. The minimum Gasteiger partial charge on any atom is -0.309 e. The normalized spacial score (nSPS) is 12.1. The van der Waals surface area contributed by atoms with E-state index in [9.17, 15) is 0 Å². The summed E-state index contributed by atoms with van der Waals surface area (Å²) in [6.45, 7) is 0. The van der Waals surface area contributed by atoms with Gasteiger partial charge in [-0.15, -0.1) is 11.3 Å². The summed E-state index contributed by atoms with van der Waals surface area (Å²) in [6, 6.07) is 74.6. The highest BCUT2D eigenvalue weighted by molar-refractivity contribution is 7.25. The second-order valence-electron chi connectivity index (χ2n) is 15.7. The van der Waals surface area contributed by atoms with Gasteiger partial charge < -0.3 is 4.57 Å². The number of thiophene rings is 1. The molecule has 0 saturated carbocycles. The third-order valence-corrected chi connectivity index (χ3v) is 13.7. The molecular formula is C56H33NS. The Balaban J connectivity index is 0.992. The Labute approximate surface area is 338 Å². The number of nitrogens with zero attached hydrogens (tertiary/aromatic N) is 1. The first-order valence-electron chi connectivity index (χ1n) is 20.0. The molecule has 13 aromatic rings. The van der Waals surface area contributed by atoms with E-state index in [-0.39, 0.29) is 0 Å². The van der Waals surface area contributed by atoms with Crippen LogP contribution in [0.15, 0.2) is 200 Å². The molecule has 0 N–H and O–H groups in total. The predicted molar refractivity (Wildman–Crippen MR) is 252 cm³/mol. The molecular weight excluding hydrogens is 719 g/mol. The smallest absolute Gasteiger partial charge is 0.0547 e. The van der Waals surface area contributed by atoms with Crippen LogP contribution in [0.5, 0.6) is 0 Å². The fourth-order valence-corrected chi connectivity index (χ4v) is 10.8. The fraction of sp³-hybridized carbons (Fsp3) is 0. The minimum atomic E-state index is 1.18. The first kappa shape index (κ1) is 31.9. The highest BCUT2D eigenvalue weighted by atomic mass is 32.1. The van der Waals surface area contributed by atoms with Crippen LogP contribution in [0, 0.1) is 0 Å². The molecule has 268 valence electrons. The summed E-state index contributed by atoms with van der Waals surface area (Å²) in [5.74, 6) is 0. The van der Waals surface area contributed by atoms with Crippen LogP contribution in [0.3, 0.4) is 0 Å². The van der Waals surface area contributed by atoms with E-state index >= 15 is 0 Å². The summed E-state index contributed by atoms with van der Waals surface area (Å²) >= 11 is 1.88. The van der Waals surface area contributed by atoms with Gasteiger partial charge in [0.1, 0.15) is 0 Å². The largest absolute Gasteiger partial charge is 0.309 e. The molecule has 0 atom stereocenters. The molecule has 13 rings (SSSR count). The lowest BCUT2D eigenvalue weighted by Gasteiger charge is -2.14. The van der Waals surface area contributed by atoms with Gasteiger partial charge in [-0.25, -0.2) is 0 Å². The van der Waals surface area contributed by atoms with Crippen LogP contribution < -0.4 is 0 Å². The molecule has 1 nitrogen and oxygen atoms in total. The average molecular weight is 752 g/mol. The Bertz CT molecular complexity index is 3850. The maximum absolute atomic E-state index is 2.44. The van der Waals surface area contributed by atoms with Crippen molar-refractivity contribution < 1.29 is 0 Å². The summed E-state index contributed by atoms with van der Waals surface area (Å²) in [5.41, 5.74) is 8.59. The number of hydrogen-bond acceptors (Lipinski definition) is 1. The van der Waals surface area contributed by atoms with Crippen LogP contribution in [-0.4, -0.2) is 4.57 Å². The molecule has 0 amide bonds. The van der Waals surface area contributed by atoms with Crippen LogP contribution in [-0.2, 0) is 0 Å². The van der Waals surface area contributed by atoms with Gasteiger partial charge >= 0.3 is 0 Å². The molecule has 0 spiro atoms. The molecule has 0 aliphatic rings. The molecule has 0 saturated heterocycles. The fourth-order valence-electron chi connectivity index (χ4n) is 9.77. The summed E-state index contributed by atoms with van der Waals surface area (Å²) < 4.78 is 5.06. The zero-order chi connectivity index (χ0) is 37.9. The maximum atomic E-state index is 2.44. The van der Waals surface area contributed by atoms with Crippen LogP contribution in [0.1, 0.15) is 0 Å². The molecule has 2 heterocycles. The van der Waals surface area contributed by atoms with E-state index in [2.05, 4.69) is 205 Å². The van der Waals surface area contributed by atoms with Crippen molar-refractivity contribution in [3.8, 4) is 27.9 Å². The van der Waals surface area contributed by atoms with Crippen molar-refractivity contribution >= 4 is 107 Å². The summed E-state index contributed by atoms with van der Waals surface area (Å²) in [5, 5.41) is 18.0. The standard InChI is InChI=1S/C56H33NS/c1-2-11-40(12-3-1)57-53-17-9-8-16-45(53)50-32-48-43-15-7-6-14-42(43)47-29-37(22-25-44(47)49(48)33-54(50)57)39-24-27-56-52(31-39)51-30-38(23-26-55(51)58-56)36-21-20-35-19-18-34-10-4-5-13-41(34)46(35)28-36/h1-33H. The Hall–Kier alpha value is -7.26. The molecule has 0 radical (unpaired) electrons. The van der Waals surface area contributed by atoms with Crippen molar-refractivity contribution in [2.24, 2.45) is 0 Å². The van der Waals surface area contributed by atoms with E-state index < -0.39 is 0 Å². The molecule has 0 unspecified atom stereocenters. The molecule has 0 aliphatic heterocycles. The van der Waals surface area contributed by atoms with Crippen molar-refractivity contribution in [1.82, 2.24) is 4.57 Å². The molecule has 58 heavy (non-hydrogen) atoms. The number of benzene rings is 11. The summed E-state index contributed by atoms with van der Waals surface area (Å²) in [6.07, 6.45) is 0. The maximum Gasteiger partial charge on any atom is 0.0547 e. The highest BCUT2D eigenvalue weighted by Gasteiger charge is 2.17.